The lowest BCUT2D eigenvalue weighted by Gasteiger charge is -2.30. The molecule has 0 amide bonds. The monoisotopic (exact) mass is 315 g/mol. The van der Waals surface area contributed by atoms with Gasteiger partial charge >= 0.3 is 0 Å². The normalized spacial score (nSPS) is 17.8. The van der Waals surface area contributed by atoms with Crippen molar-refractivity contribution in [3.63, 3.8) is 0 Å². The van der Waals surface area contributed by atoms with Crippen molar-refractivity contribution in [1.29, 1.82) is 0 Å². The summed E-state index contributed by atoms with van der Waals surface area (Å²) in [5, 5.41) is 3.53. The van der Waals surface area contributed by atoms with Crippen LogP contribution in [0.3, 0.4) is 0 Å². The van der Waals surface area contributed by atoms with Gasteiger partial charge in [-0.15, -0.1) is 0 Å². The first-order valence-electron chi connectivity index (χ1n) is 8.26. The summed E-state index contributed by atoms with van der Waals surface area (Å²) in [6, 6.07) is 22.7. The van der Waals surface area contributed by atoms with E-state index in [1.807, 2.05) is 36.4 Å². The van der Waals surface area contributed by atoms with Crippen LogP contribution < -0.4 is 10.1 Å². The van der Waals surface area contributed by atoms with Crippen LogP contribution in [0, 0.1) is 0 Å². The summed E-state index contributed by atoms with van der Waals surface area (Å²) in [6.45, 7) is 0.739. The van der Waals surface area contributed by atoms with Gasteiger partial charge in [-0.1, -0.05) is 48.5 Å². The number of para-hydroxylation sites is 3. The molecule has 0 saturated heterocycles. The molecule has 0 bridgehead atoms. The van der Waals surface area contributed by atoms with Crippen LogP contribution in [0.1, 0.15) is 22.8 Å². The van der Waals surface area contributed by atoms with Crippen molar-refractivity contribution in [2.45, 2.75) is 12.5 Å². The fourth-order valence-corrected chi connectivity index (χ4v) is 3.55. The lowest BCUT2D eigenvalue weighted by molar-refractivity contribution is 0.0702. The summed E-state index contributed by atoms with van der Waals surface area (Å²) in [5.41, 5.74) is 5.72. The second-order valence-corrected chi connectivity index (χ2v) is 6.14. The number of benzene rings is 3. The molecular weight excluding hydrogens is 298 g/mol. The zero-order chi connectivity index (χ0) is 15.9. The van der Waals surface area contributed by atoms with Gasteiger partial charge in [-0.3, -0.25) is 0 Å². The molecule has 0 saturated carbocycles. The SMILES string of the molecule is c1ccc2c(c1)CCOC2c1cccc2c1Nc1ccccc1O2. The number of hydrogen-bond acceptors (Lipinski definition) is 3. The van der Waals surface area contributed by atoms with Gasteiger partial charge < -0.3 is 14.8 Å². The van der Waals surface area contributed by atoms with Gasteiger partial charge in [0.15, 0.2) is 11.5 Å². The highest BCUT2D eigenvalue weighted by Crippen LogP contribution is 2.47. The highest BCUT2D eigenvalue weighted by atomic mass is 16.5. The Balaban J connectivity index is 1.63. The maximum atomic E-state index is 6.15. The molecule has 1 atom stereocenters. The fourth-order valence-electron chi connectivity index (χ4n) is 3.55. The molecule has 1 unspecified atom stereocenters. The van der Waals surface area contributed by atoms with Crippen molar-refractivity contribution >= 4 is 11.4 Å². The Kier molecular flexibility index (Phi) is 3.06. The number of ether oxygens (including phenoxy) is 2. The number of fused-ring (bicyclic) bond motifs is 3. The molecule has 0 spiro atoms. The zero-order valence-corrected chi connectivity index (χ0v) is 13.2. The van der Waals surface area contributed by atoms with Crippen molar-refractivity contribution in [1.82, 2.24) is 0 Å². The van der Waals surface area contributed by atoms with E-state index in [0.717, 1.165) is 41.5 Å². The van der Waals surface area contributed by atoms with Crippen molar-refractivity contribution in [3.05, 3.63) is 83.4 Å². The van der Waals surface area contributed by atoms with E-state index in [0.29, 0.717) is 0 Å². The molecule has 0 aromatic heterocycles. The Labute approximate surface area is 140 Å². The number of anilines is 2. The van der Waals surface area contributed by atoms with Crippen LogP contribution in [0.2, 0.25) is 0 Å². The third-order valence-electron chi connectivity index (χ3n) is 4.70. The molecular formula is C21H17NO2. The maximum Gasteiger partial charge on any atom is 0.151 e. The molecule has 2 heterocycles. The molecule has 2 aliphatic rings. The Morgan fingerprint density at radius 1 is 0.792 bits per heavy atom. The van der Waals surface area contributed by atoms with E-state index in [4.69, 9.17) is 9.47 Å². The summed E-state index contributed by atoms with van der Waals surface area (Å²) in [4.78, 5) is 0. The highest BCUT2D eigenvalue weighted by Gasteiger charge is 2.28. The lowest BCUT2D eigenvalue weighted by atomic mass is 9.91. The van der Waals surface area contributed by atoms with Crippen LogP contribution in [-0.2, 0) is 11.2 Å². The van der Waals surface area contributed by atoms with Crippen molar-refractivity contribution in [3.8, 4) is 11.5 Å². The van der Waals surface area contributed by atoms with Crippen molar-refractivity contribution in [2.24, 2.45) is 0 Å². The van der Waals surface area contributed by atoms with Gasteiger partial charge in [0.05, 0.1) is 18.0 Å². The van der Waals surface area contributed by atoms with E-state index in [9.17, 15) is 0 Å². The summed E-state index contributed by atoms with van der Waals surface area (Å²) in [5.74, 6) is 1.70. The van der Waals surface area contributed by atoms with E-state index in [2.05, 4.69) is 35.6 Å². The van der Waals surface area contributed by atoms with E-state index < -0.39 is 0 Å². The molecule has 2 aliphatic heterocycles. The molecule has 3 aromatic rings. The quantitative estimate of drug-likeness (QED) is 0.524. The second-order valence-electron chi connectivity index (χ2n) is 6.14. The largest absolute Gasteiger partial charge is 0.453 e. The number of hydrogen-bond donors (Lipinski definition) is 1. The Hall–Kier alpha value is -2.78. The van der Waals surface area contributed by atoms with Crippen LogP contribution >= 0.6 is 0 Å². The summed E-state index contributed by atoms with van der Waals surface area (Å²) in [7, 11) is 0. The Morgan fingerprint density at radius 3 is 2.58 bits per heavy atom. The van der Waals surface area contributed by atoms with E-state index >= 15 is 0 Å². The van der Waals surface area contributed by atoms with Gasteiger partial charge in [-0.25, -0.2) is 0 Å². The molecule has 1 N–H and O–H groups in total. The van der Waals surface area contributed by atoms with Crippen LogP contribution in [0.25, 0.3) is 0 Å². The third-order valence-corrected chi connectivity index (χ3v) is 4.70. The van der Waals surface area contributed by atoms with Crippen LogP contribution in [-0.4, -0.2) is 6.61 Å². The van der Waals surface area contributed by atoms with Gasteiger partial charge in [0.25, 0.3) is 0 Å². The van der Waals surface area contributed by atoms with Gasteiger partial charge in [-0.2, -0.15) is 0 Å². The molecule has 3 heteroatoms. The first-order valence-corrected chi connectivity index (χ1v) is 8.26. The third kappa shape index (κ3) is 2.09. The minimum absolute atomic E-state index is 0.0636. The van der Waals surface area contributed by atoms with Crippen LogP contribution in [0.4, 0.5) is 11.4 Å². The first kappa shape index (κ1) is 13.6. The average Bonchev–Trinajstić information content (AvgIpc) is 2.65. The average molecular weight is 315 g/mol. The van der Waals surface area contributed by atoms with Gasteiger partial charge in [-0.05, 0) is 35.7 Å². The molecule has 0 fully saturated rings. The standard InChI is InChI=1S/C21H17NO2/c1-2-7-15-14(6-1)12-13-23-21(15)16-8-5-11-19-20(16)22-17-9-3-4-10-18(17)24-19/h1-11,21-22H,12-13H2. The van der Waals surface area contributed by atoms with Gasteiger partial charge in [0.1, 0.15) is 6.10 Å². The molecule has 3 nitrogen and oxygen atoms in total. The number of rotatable bonds is 1. The van der Waals surface area contributed by atoms with E-state index in [1.165, 1.54) is 11.1 Å². The van der Waals surface area contributed by atoms with Crippen LogP contribution in [0.5, 0.6) is 11.5 Å². The second kappa shape index (κ2) is 5.39. The van der Waals surface area contributed by atoms with E-state index in [-0.39, 0.29) is 6.10 Å². The summed E-state index contributed by atoms with van der Waals surface area (Å²) in [6.07, 6.45) is 0.903. The van der Waals surface area contributed by atoms with Crippen LogP contribution in [0.15, 0.2) is 66.7 Å². The lowest BCUT2D eigenvalue weighted by Crippen LogP contribution is -2.19. The van der Waals surface area contributed by atoms with Crippen molar-refractivity contribution < 1.29 is 9.47 Å². The molecule has 3 aromatic carbocycles. The molecule has 24 heavy (non-hydrogen) atoms. The van der Waals surface area contributed by atoms with Crippen molar-refractivity contribution in [2.75, 3.05) is 11.9 Å². The Bertz CT molecular complexity index is 919. The van der Waals surface area contributed by atoms with Gasteiger partial charge in [0.2, 0.25) is 0 Å². The minimum atomic E-state index is -0.0636. The minimum Gasteiger partial charge on any atom is -0.453 e. The predicted molar refractivity (Wildman–Crippen MR) is 94.2 cm³/mol. The smallest absolute Gasteiger partial charge is 0.151 e. The highest BCUT2D eigenvalue weighted by molar-refractivity contribution is 5.78. The zero-order valence-electron chi connectivity index (χ0n) is 13.2. The molecule has 0 radical (unpaired) electrons. The number of nitrogens with one attached hydrogen (secondary N) is 1. The summed E-state index contributed by atoms with van der Waals surface area (Å²) < 4.78 is 12.2. The fraction of sp³-hybridized carbons (Fsp3) is 0.143. The predicted octanol–water partition coefficient (Wildman–Crippen LogP) is 5.20. The van der Waals surface area contributed by atoms with Gasteiger partial charge in [0, 0.05) is 5.56 Å². The molecule has 118 valence electrons. The maximum absolute atomic E-state index is 6.15. The summed E-state index contributed by atoms with van der Waals surface area (Å²) >= 11 is 0. The first-order chi connectivity index (χ1) is 11.9. The topological polar surface area (TPSA) is 30.5 Å². The van der Waals surface area contributed by atoms with E-state index in [1.54, 1.807) is 0 Å². The molecule has 0 aliphatic carbocycles. The molecule has 5 rings (SSSR count). The Morgan fingerprint density at radius 2 is 1.58 bits per heavy atom.